The summed E-state index contributed by atoms with van der Waals surface area (Å²) < 4.78 is 5.35. The highest BCUT2D eigenvalue weighted by Gasteiger charge is 2.64. The molecule has 2 aromatic carbocycles. The van der Waals surface area contributed by atoms with Crippen molar-refractivity contribution in [2.75, 3.05) is 6.61 Å². The van der Waals surface area contributed by atoms with Crippen molar-refractivity contribution in [3.05, 3.63) is 83.2 Å². The zero-order valence-corrected chi connectivity index (χ0v) is 14.7. The van der Waals surface area contributed by atoms with E-state index in [0.29, 0.717) is 0 Å². The minimum absolute atomic E-state index is 0.0660. The molecule has 4 heteroatoms. The minimum Gasteiger partial charge on any atom is -0.460 e. The normalized spacial score (nSPS) is 21.6. The summed E-state index contributed by atoms with van der Waals surface area (Å²) in [6.45, 7) is 9.93. The molecule has 3 rings (SSSR count). The summed E-state index contributed by atoms with van der Waals surface area (Å²) in [5, 5.41) is 0. The molecule has 0 N–H and O–H groups in total. The van der Waals surface area contributed by atoms with Crippen molar-refractivity contribution >= 4 is 11.8 Å². The predicted molar refractivity (Wildman–Crippen MR) is 98.6 cm³/mol. The Kier molecular flexibility index (Phi) is 5.18. The lowest BCUT2D eigenvalue weighted by molar-refractivity contribution is -0.151. The third kappa shape index (κ3) is 3.01. The predicted octanol–water partition coefficient (Wildman–Crippen LogP) is 4.14. The Balaban J connectivity index is 2.20. The van der Waals surface area contributed by atoms with Gasteiger partial charge in [-0.05, 0) is 18.1 Å². The fourth-order valence-corrected chi connectivity index (χ4v) is 3.94. The topological polar surface area (TPSA) is 47.7 Å². The lowest BCUT2D eigenvalue weighted by Gasteiger charge is -2.38. The van der Waals surface area contributed by atoms with Crippen molar-refractivity contribution in [2.45, 2.75) is 37.1 Å². The third-order valence-corrected chi connectivity index (χ3v) is 5.12. The van der Waals surface area contributed by atoms with E-state index in [-0.39, 0.29) is 25.2 Å². The fraction of sp³-hybridized carbons (Fsp3) is 0.318. The van der Waals surface area contributed by atoms with Gasteiger partial charge in [-0.2, -0.15) is 0 Å². The van der Waals surface area contributed by atoms with E-state index in [2.05, 4.69) is 4.85 Å². The number of rotatable bonds is 4. The molecule has 0 amide bonds. The van der Waals surface area contributed by atoms with Gasteiger partial charge in [-0.15, -0.1) is 0 Å². The number of hydrogen-bond acceptors (Lipinski definition) is 3. The Morgan fingerprint density at radius 1 is 1.04 bits per heavy atom. The first-order valence-electron chi connectivity index (χ1n) is 8.81. The summed E-state index contributed by atoms with van der Waals surface area (Å²) in [7, 11) is 0. The van der Waals surface area contributed by atoms with E-state index in [9.17, 15) is 9.59 Å². The molecule has 0 bridgehead atoms. The fourth-order valence-electron chi connectivity index (χ4n) is 3.94. The van der Waals surface area contributed by atoms with Crippen LogP contribution in [-0.4, -0.2) is 23.9 Å². The zero-order valence-electron chi connectivity index (χ0n) is 14.7. The Labute approximate surface area is 153 Å². The molecule has 4 nitrogen and oxygen atoms in total. The number of carbonyl (C=O) groups is 2. The average molecular weight is 347 g/mol. The second-order valence-electron chi connectivity index (χ2n) is 6.53. The van der Waals surface area contributed by atoms with Crippen LogP contribution in [0.1, 0.15) is 42.7 Å². The Bertz CT molecular complexity index is 772. The molecule has 26 heavy (non-hydrogen) atoms. The second-order valence-corrected chi connectivity index (χ2v) is 6.53. The van der Waals surface area contributed by atoms with Crippen LogP contribution in [0.15, 0.2) is 60.7 Å². The van der Waals surface area contributed by atoms with Crippen LogP contribution in [0.4, 0.5) is 0 Å². The van der Waals surface area contributed by atoms with Crippen molar-refractivity contribution in [1.29, 1.82) is 0 Å². The van der Waals surface area contributed by atoms with Gasteiger partial charge in [0.15, 0.2) is 0 Å². The first kappa shape index (κ1) is 17.9. The van der Waals surface area contributed by atoms with Gasteiger partial charge in [0, 0.05) is 12.8 Å². The van der Waals surface area contributed by atoms with Crippen molar-refractivity contribution in [2.24, 2.45) is 0 Å². The van der Waals surface area contributed by atoms with Crippen molar-refractivity contribution < 1.29 is 14.3 Å². The van der Waals surface area contributed by atoms with Gasteiger partial charge < -0.3 is 4.74 Å². The van der Waals surface area contributed by atoms with E-state index in [1.165, 1.54) is 0 Å². The van der Waals surface area contributed by atoms with E-state index in [1.54, 1.807) is 6.92 Å². The number of ether oxygens (including phenoxy) is 1. The minimum atomic E-state index is -1.44. The molecule has 1 saturated carbocycles. The first-order valence-corrected chi connectivity index (χ1v) is 8.81. The lowest BCUT2D eigenvalue weighted by Crippen LogP contribution is -2.52. The molecule has 0 radical (unpaired) electrons. The molecule has 1 fully saturated rings. The standard InChI is InChI=1S/C22H21NO3/c1-3-26-21(25)22(23-2)19(16-10-6-4-7-11-16)14-18(24)15-20(22)17-12-8-5-9-13-17/h4-13,19-20H,3,14-15H2,1H3/t19-,20-/m1/s1. The molecule has 2 aromatic rings. The molecular weight excluding hydrogens is 326 g/mol. The number of Topliss-reactive ketones (excluding diaryl/α,β-unsaturated/α-hetero) is 1. The van der Waals surface area contributed by atoms with Gasteiger partial charge in [0.2, 0.25) is 0 Å². The van der Waals surface area contributed by atoms with Crippen molar-refractivity contribution in [3.8, 4) is 0 Å². The van der Waals surface area contributed by atoms with Gasteiger partial charge in [0.25, 0.3) is 0 Å². The summed E-state index contributed by atoms with van der Waals surface area (Å²) >= 11 is 0. The van der Waals surface area contributed by atoms with E-state index in [1.807, 2.05) is 60.7 Å². The van der Waals surface area contributed by atoms with Gasteiger partial charge in [-0.25, -0.2) is 11.4 Å². The molecule has 2 atom stereocenters. The SMILES string of the molecule is [C-]#[N+]C1(C(=O)OCC)[C@@H](c2ccccc2)CC(=O)C[C@@H]1c1ccccc1. The van der Waals surface area contributed by atoms with Gasteiger partial charge >= 0.3 is 11.5 Å². The summed E-state index contributed by atoms with van der Waals surface area (Å²) in [6, 6.07) is 18.7. The van der Waals surface area contributed by atoms with Crippen LogP contribution >= 0.6 is 0 Å². The van der Waals surface area contributed by atoms with E-state index in [0.717, 1.165) is 11.1 Å². The van der Waals surface area contributed by atoms with Crippen LogP contribution in [0.25, 0.3) is 4.85 Å². The Hall–Kier alpha value is -2.93. The molecule has 0 heterocycles. The average Bonchev–Trinajstić information content (AvgIpc) is 2.69. The number of nitrogens with zero attached hydrogens (tertiary/aromatic N) is 1. The molecule has 0 saturated heterocycles. The van der Waals surface area contributed by atoms with E-state index >= 15 is 0 Å². The highest BCUT2D eigenvalue weighted by molar-refractivity contribution is 5.93. The van der Waals surface area contributed by atoms with Crippen LogP contribution in [0.3, 0.4) is 0 Å². The van der Waals surface area contributed by atoms with Crippen molar-refractivity contribution in [3.63, 3.8) is 0 Å². The number of carbonyl (C=O) groups excluding carboxylic acids is 2. The number of ketones is 1. The highest BCUT2D eigenvalue weighted by atomic mass is 16.5. The van der Waals surface area contributed by atoms with Crippen LogP contribution in [0.5, 0.6) is 0 Å². The third-order valence-electron chi connectivity index (χ3n) is 5.12. The first-order chi connectivity index (χ1) is 12.6. The molecular formula is C22H21NO3. The summed E-state index contributed by atoms with van der Waals surface area (Å²) in [5.74, 6) is -1.51. The molecule has 1 aliphatic rings. The van der Waals surface area contributed by atoms with Gasteiger partial charge in [-0.3, -0.25) is 9.64 Å². The van der Waals surface area contributed by atoms with Gasteiger partial charge in [0.05, 0.1) is 18.4 Å². The largest absolute Gasteiger partial charge is 0.460 e. The summed E-state index contributed by atoms with van der Waals surface area (Å²) in [5.41, 5.74) is 0.211. The maximum atomic E-state index is 13.1. The van der Waals surface area contributed by atoms with Gasteiger partial charge in [0.1, 0.15) is 5.78 Å². The molecule has 0 spiro atoms. The molecule has 0 aromatic heterocycles. The maximum Gasteiger partial charge on any atom is 0.394 e. The molecule has 132 valence electrons. The molecule has 1 aliphatic carbocycles. The molecule has 0 aliphatic heterocycles. The maximum absolute atomic E-state index is 13.1. The summed E-state index contributed by atoms with van der Waals surface area (Å²) in [4.78, 5) is 29.5. The Morgan fingerprint density at radius 3 is 1.88 bits per heavy atom. The lowest BCUT2D eigenvalue weighted by atomic mass is 9.61. The number of esters is 1. The second kappa shape index (κ2) is 7.53. The van der Waals surface area contributed by atoms with Crippen LogP contribution in [0.2, 0.25) is 0 Å². The van der Waals surface area contributed by atoms with Crippen LogP contribution in [0, 0.1) is 6.57 Å². The quantitative estimate of drug-likeness (QED) is 0.617. The summed E-state index contributed by atoms with van der Waals surface area (Å²) in [6.07, 6.45) is 0.350. The van der Waals surface area contributed by atoms with Crippen LogP contribution in [-0.2, 0) is 14.3 Å². The van der Waals surface area contributed by atoms with Gasteiger partial charge in [-0.1, -0.05) is 60.7 Å². The van der Waals surface area contributed by atoms with Crippen LogP contribution < -0.4 is 0 Å². The highest BCUT2D eigenvalue weighted by Crippen LogP contribution is 2.51. The monoisotopic (exact) mass is 347 g/mol. The van der Waals surface area contributed by atoms with E-state index in [4.69, 9.17) is 11.3 Å². The zero-order chi connectivity index (χ0) is 18.6. The van der Waals surface area contributed by atoms with Crippen molar-refractivity contribution in [1.82, 2.24) is 0 Å². The number of benzene rings is 2. The smallest absolute Gasteiger partial charge is 0.394 e. The molecule has 0 unspecified atom stereocenters. The van der Waals surface area contributed by atoms with E-state index < -0.39 is 23.3 Å². The Morgan fingerprint density at radius 2 is 1.50 bits per heavy atom. The number of hydrogen-bond donors (Lipinski definition) is 0.